The third kappa shape index (κ3) is 28.2. The predicted molar refractivity (Wildman–Crippen MR) is 444 cm³/mol. The Morgan fingerprint density at radius 3 is 1.28 bits per heavy atom. The van der Waals surface area contributed by atoms with Crippen molar-refractivity contribution in [2.75, 3.05) is 67.0 Å². The Morgan fingerprint density at radius 2 is 0.854 bits per heavy atom. The van der Waals surface area contributed by atoms with Gasteiger partial charge in [-0.05, 0) is 92.5 Å². The minimum absolute atomic E-state index is 0.00299. The van der Waals surface area contributed by atoms with Crippen LogP contribution in [-0.2, 0) is 90.0 Å². The van der Waals surface area contributed by atoms with Gasteiger partial charge in [-0.15, -0.1) is 0 Å². The van der Waals surface area contributed by atoms with Gasteiger partial charge in [0.1, 0.15) is 87.3 Å². The maximum Gasteiger partial charge on any atom is 0.407 e. The Kier molecular flexibility index (Phi) is 36.4. The zero-order valence-electron chi connectivity index (χ0n) is 66.6. The summed E-state index contributed by atoms with van der Waals surface area (Å²) >= 11 is 37.0. The molecule has 0 aliphatic carbocycles. The molecule has 660 valence electrons. The van der Waals surface area contributed by atoms with Gasteiger partial charge < -0.3 is 111 Å². The minimum atomic E-state index is -2.22. The number of nitrogens with two attached hydrogens (primary N) is 1. The molecule has 4 fully saturated rings. The first-order valence-electron chi connectivity index (χ1n) is 39.2. The molecule has 0 aromatic heterocycles. The van der Waals surface area contributed by atoms with Gasteiger partial charge in [0.2, 0.25) is 7.59 Å². The zero-order chi connectivity index (χ0) is 87.4. The summed E-state index contributed by atoms with van der Waals surface area (Å²) in [6, 6.07) is 53.2. The number of benzene rings is 7. The number of nitrogens with one attached hydrogen (secondary N) is 2. The van der Waals surface area contributed by atoms with Crippen LogP contribution in [0.15, 0.2) is 224 Å². The highest BCUT2D eigenvalue weighted by molar-refractivity contribution is 6.68. The van der Waals surface area contributed by atoms with E-state index in [-0.39, 0.29) is 47.6 Å². The molecule has 2 amide bonds. The Morgan fingerprint density at radius 1 is 0.463 bits per heavy atom. The smallest absolute Gasteiger partial charge is 0.407 e. The van der Waals surface area contributed by atoms with Crippen LogP contribution < -0.4 is 16.4 Å². The lowest BCUT2D eigenvalue weighted by Crippen LogP contribution is -2.69. The van der Waals surface area contributed by atoms with E-state index in [0.717, 1.165) is 7.11 Å². The van der Waals surface area contributed by atoms with Crippen LogP contribution >= 0.6 is 69.6 Å². The van der Waals surface area contributed by atoms with Crippen LogP contribution in [0.4, 0.5) is 9.59 Å². The van der Waals surface area contributed by atoms with E-state index in [0.29, 0.717) is 36.9 Å². The molecular weight excluding hydrogens is 1730 g/mol. The van der Waals surface area contributed by atoms with Gasteiger partial charge >= 0.3 is 42.0 Å². The van der Waals surface area contributed by atoms with E-state index in [9.17, 15) is 38.7 Å². The Labute approximate surface area is 739 Å². The van der Waals surface area contributed by atoms with Crippen molar-refractivity contribution in [2.45, 2.75) is 151 Å². The van der Waals surface area contributed by atoms with Crippen LogP contribution in [0.25, 0.3) is 0 Å². The fourth-order valence-corrected chi connectivity index (χ4v) is 13.8. The number of halogens is 6. The van der Waals surface area contributed by atoms with E-state index >= 15 is 0 Å². The van der Waals surface area contributed by atoms with E-state index in [2.05, 4.69) is 10.6 Å². The Bertz CT molecular complexity index is 4490. The molecule has 0 spiro atoms. The molecule has 7 aromatic carbocycles. The highest BCUT2D eigenvalue weighted by atomic mass is 35.6. The van der Waals surface area contributed by atoms with E-state index in [4.69, 9.17) is 165 Å². The van der Waals surface area contributed by atoms with Gasteiger partial charge in [0, 0.05) is 37.9 Å². The van der Waals surface area contributed by atoms with Crippen molar-refractivity contribution in [3.63, 3.8) is 0 Å². The maximum absolute atomic E-state index is 14.9. The average molecular weight is 1830 g/mol. The van der Waals surface area contributed by atoms with Crippen LogP contribution in [0.5, 0.6) is 0 Å². The predicted octanol–water partition coefficient (Wildman–Crippen LogP) is 12.8. The van der Waals surface area contributed by atoms with Gasteiger partial charge in [0.05, 0.1) is 47.1 Å². The number of rotatable bonds is 39. The molecule has 17 unspecified atom stereocenters. The molecule has 4 aliphatic heterocycles. The van der Waals surface area contributed by atoms with Gasteiger partial charge in [-0.25, -0.2) is 33.6 Å². The molecule has 123 heavy (non-hydrogen) atoms. The van der Waals surface area contributed by atoms with E-state index < -0.39 is 199 Å². The number of hydrogen-bond acceptors (Lipinski definition) is 28. The van der Waals surface area contributed by atoms with Crippen LogP contribution in [-0.4, -0.2) is 226 Å². The van der Waals surface area contributed by atoms with Gasteiger partial charge in [0.15, 0.2) is 49.9 Å². The summed E-state index contributed by atoms with van der Waals surface area (Å²) in [4.78, 5) is 101. The van der Waals surface area contributed by atoms with Crippen LogP contribution in [0, 0.1) is 5.92 Å². The third-order valence-electron chi connectivity index (χ3n) is 19.7. The Hall–Kier alpha value is -8.65. The molecule has 0 bridgehead atoms. The monoisotopic (exact) mass is 1820 g/mol. The largest absolute Gasteiger partial charge is 0.459 e. The van der Waals surface area contributed by atoms with Crippen molar-refractivity contribution in [3.05, 3.63) is 263 Å². The summed E-state index contributed by atoms with van der Waals surface area (Å²) in [6.07, 6.45) is -24.8. The molecular formula is C87H93Cl6N3O27. The number of alkyl halides is 6. The third-order valence-corrected chi connectivity index (χ3v) is 20.3. The molecule has 4 saturated heterocycles. The first-order chi connectivity index (χ1) is 59.3. The molecule has 20 atom stereocenters. The second kappa shape index (κ2) is 47.1. The van der Waals surface area contributed by atoms with Crippen molar-refractivity contribution in [1.82, 2.24) is 10.6 Å². The summed E-state index contributed by atoms with van der Waals surface area (Å²) in [6.45, 7) is -1.64. The SMILES string of the molecule is COC(OC1C(NC(=O)OCC(Cl)(Cl)Cl)C(O[C@@H](/C=C/[C@H](OC(=O)c2ccccc2)C(OC)OC2C(NC(=O)OCC(Cl)(Cl)Cl)C(OCCCCCN)OC3COC(c4ccccc4)OC32)COC(=O)c2ccccc2)OC2COC(c3ccccc3)OC21)C(OC(=O)c1ccccc1)C(OC(=O)c1ccccc1)C(C)[C@H](O)COC(=O)c1ccccc1. The van der Waals surface area contributed by atoms with Crippen molar-refractivity contribution < 1.29 is 129 Å². The lowest BCUT2D eigenvalue weighted by atomic mass is 9.92. The summed E-state index contributed by atoms with van der Waals surface area (Å²) < 4.78 is 118. The highest BCUT2D eigenvalue weighted by Gasteiger charge is 2.57. The number of methoxy groups -OCH3 is 2. The lowest BCUT2D eigenvalue weighted by molar-refractivity contribution is -0.367. The normalized spacial score (nSPS) is 23.4. The molecule has 0 radical (unpaired) electrons. The Balaban J connectivity index is 1.03. The van der Waals surface area contributed by atoms with Crippen LogP contribution in [0.3, 0.4) is 0 Å². The number of aliphatic hydroxyl groups excluding tert-OH is 1. The van der Waals surface area contributed by atoms with Gasteiger partial charge in [-0.3, -0.25) is 0 Å². The van der Waals surface area contributed by atoms with Crippen molar-refractivity contribution in [1.29, 1.82) is 0 Å². The summed E-state index contributed by atoms with van der Waals surface area (Å²) in [7, 11) is 2.39. The van der Waals surface area contributed by atoms with Crippen LogP contribution in [0.2, 0.25) is 0 Å². The number of carbonyl (C=O) groups is 7. The molecule has 7 aromatic rings. The highest BCUT2D eigenvalue weighted by Crippen LogP contribution is 2.41. The first kappa shape index (κ1) is 95.0. The first-order valence-corrected chi connectivity index (χ1v) is 41.5. The average Bonchev–Trinajstić information content (AvgIpc) is 0.756. The fraction of sp³-hybridized carbons (Fsp3) is 0.414. The van der Waals surface area contributed by atoms with Crippen molar-refractivity contribution in [2.24, 2.45) is 11.7 Å². The molecule has 5 N–H and O–H groups in total. The maximum atomic E-state index is 14.9. The van der Waals surface area contributed by atoms with Gasteiger partial charge in [-0.1, -0.05) is 234 Å². The van der Waals surface area contributed by atoms with Crippen molar-refractivity contribution in [3.8, 4) is 0 Å². The molecule has 4 aliphatic rings. The minimum Gasteiger partial charge on any atom is -0.459 e. The number of amides is 2. The number of fused-ring (bicyclic) bond motifs is 2. The summed E-state index contributed by atoms with van der Waals surface area (Å²) in [5, 5.41) is 17.8. The molecule has 30 nitrogen and oxygen atoms in total. The van der Waals surface area contributed by atoms with E-state index in [1.54, 1.807) is 152 Å². The fourth-order valence-electron chi connectivity index (χ4n) is 13.5. The van der Waals surface area contributed by atoms with Gasteiger partial charge in [-0.2, -0.15) is 0 Å². The molecule has 36 heteroatoms. The quantitative estimate of drug-likeness (QED) is 0.00694. The zero-order valence-corrected chi connectivity index (χ0v) is 71.1. The number of ether oxygens (including phenoxy) is 19. The number of hydrogen-bond donors (Lipinski definition) is 4. The second-order valence-electron chi connectivity index (χ2n) is 28.4. The van der Waals surface area contributed by atoms with Gasteiger partial charge in [0.25, 0.3) is 0 Å². The lowest BCUT2D eigenvalue weighted by Gasteiger charge is -2.50. The number of alkyl carbamates (subject to hydrolysis) is 2. The standard InChI is InChI=1S/C87H93Cl6N3O27/c1-52(61(97)47-109-74(99)54-30-14-5-15-31-54)67(118-76(101)56-34-18-7-19-35-56)72(119-77(102)57-36-20-8-21-37-57)83(106-3)123-71-66(96-85(104)113-51-87(91,92)93)82(117-64-49-111-79(121-69(64)71)59-40-24-10-25-41-59)114-60(46-108-73(98)53-28-12-4-13-29-53)42-43-62(115-75(100)55-32-16-6-17-33-55)80(105-2)122-70-65(95-84(103)112-50-86(88,89)90)81(107-45-27-11-26-44-94)116-63-48-110-78(120-68(63)70)58-38-22-9-23-39-58/h4-10,12-25,28-43,52,60-72,78-83,97H,11,26-27,44-51,94H2,1-3H3,(H,95,103)(H,96,104)/b43-42+/t52?,60-,61+,62-,63?,64?,65?,66?,67?,68?,69?,70?,71?,72?,78?,79?,80?,81?,82?,83?/m0/s1. The number of carbonyl (C=O) groups excluding carboxylic acids is 7. The molecule has 11 rings (SSSR count). The molecule has 4 heterocycles. The summed E-state index contributed by atoms with van der Waals surface area (Å²) in [5.41, 5.74) is 7.16. The van der Waals surface area contributed by atoms with Crippen molar-refractivity contribution >= 4 is 112 Å². The van der Waals surface area contributed by atoms with Crippen LogP contribution in [0.1, 0.15) is 102 Å². The topological polar surface area (TPSA) is 365 Å². The van der Waals surface area contributed by atoms with E-state index in [1.165, 1.54) is 86.8 Å². The second-order valence-corrected chi connectivity index (χ2v) is 33.4. The number of aliphatic hydroxyl groups is 1. The number of unbranched alkanes of at least 4 members (excludes halogenated alkanes) is 2. The van der Waals surface area contributed by atoms with E-state index in [1.807, 2.05) is 0 Å². The molecule has 0 saturated carbocycles. The summed E-state index contributed by atoms with van der Waals surface area (Å²) in [5.74, 6) is -6.07. The number of esters is 5.